The number of carbonyl (C=O) groups is 1. The summed E-state index contributed by atoms with van der Waals surface area (Å²) in [7, 11) is 0. The molecule has 0 amide bonds. The minimum Gasteiger partial charge on any atom is -0.493 e. The Morgan fingerprint density at radius 1 is 1.46 bits per heavy atom. The number of carboxylic acids is 1. The molecule has 1 aromatic carbocycles. The number of alkyl halides is 1. The molecule has 124 valence electrons. The van der Waals surface area contributed by atoms with Crippen molar-refractivity contribution in [2.75, 3.05) is 0 Å². The summed E-state index contributed by atoms with van der Waals surface area (Å²) in [4.78, 5) is 11.1. The Hall–Kier alpha value is -2.01. The van der Waals surface area contributed by atoms with Crippen LogP contribution in [0.25, 0.3) is 0 Å². The third kappa shape index (κ3) is 3.56. The maximum Gasteiger partial charge on any atom is 0.311 e. The fourth-order valence-electron chi connectivity index (χ4n) is 2.61. The largest absolute Gasteiger partial charge is 0.493 e. The summed E-state index contributed by atoms with van der Waals surface area (Å²) in [6.45, 7) is 1.89. The van der Waals surface area contributed by atoms with Gasteiger partial charge in [0, 0.05) is 12.5 Å². The van der Waals surface area contributed by atoms with Crippen LogP contribution >= 0.6 is 22.6 Å². The summed E-state index contributed by atoms with van der Waals surface area (Å²) < 4.78 is 11.7. The Balaban J connectivity index is 1.67. The zero-order chi connectivity index (χ0) is 17.3. The van der Waals surface area contributed by atoms with Gasteiger partial charge in [0.05, 0.1) is 15.6 Å². The molecule has 3 rings (SSSR count). The summed E-state index contributed by atoms with van der Waals surface area (Å²) in [5, 5.41) is 18.0. The number of hydrogen-bond acceptors (Lipinski definition) is 4. The van der Waals surface area contributed by atoms with E-state index in [-0.39, 0.29) is 10.0 Å². The molecule has 0 bridgehead atoms. The fraction of sp³-hybridized carbons (Fsp3) is 0.333. The maximum absolute atomic E-state index is 11.1. The van der Waals surface area contributed by atoms with E-state index in [1.807, 2.05) is 19.1 Å². The first-order valence-corrected chi connectivity index (χ1v) is 8.87. The maximum atomic E-state index is 11.1. The van der Waals surface area contributed by atoms with E-state index in [0.717, 1.165) is 24.2 Å². The van der Waals surface area contributed by atoms with Crippen molar-refractivity contribution in [2.24, 2.45) is 5.92 Å². The SMILES string of the molecule is Cc1cc(C#N)ccc1OC1=CCCC(O[C@@H]2[C@H](I)[C@H]2C(=O)O)=C1. The van der Waals surface area contributed by atoms with Gasteiger partial charge in [0.2, 0.25) is 0 Å². The number of halogens is 1. The van der Waals surface area contributed by atoms with Gasteiger partial charge in [-0.15, -0.1) is 0 Å². The molecule has 3 atom stereocenters. The molecule has 0 heterocycles. The van der Waals surface area contributed by atoms with Gasteiger partial charge >= 0.3 is 5.97 Å². The van der Waals surface area contributed by atoms with Gasteiger partial charge in [-0.3, -0.25) is 4.79 Å². The molecule has 1 fully saturated rings. The lowest BCUT2D eigenvalue weighted by Crippen LogP contribution is -2.08. The van der Waals surface area contributed by atoms with Crippen LogP contribution < -0.4 is 4.74 Å². The Kier molecular flexibility index (Phi) is 4.81. The van der Waals surface area contributed by atoms with Gasteiger partial charge in [0.25, 0.3) is 0 Å². The van der Waals surface area contributed by atoms with Crippen molar-refractivity contribution in [1.82, 2.24) is 0 Å². The van der Waals surface area contributed by atoms with Gasteiger partial charge in [0.1, 0.15) is 29.3 Å². The van der Waals surface area contributed by atoms with Crippen LogP contribution in [0.1, 0.15) is 24.0 Å². The smallest absolute Gasteiger partial charge is 0.311 e. The minimum absolute atomic E-state index is 0.0112. The molecule has 0 aromatic heterocycles. The predicted molar refractivity (Wildman–Crippen MR) is 95.7 cm³/mol. The van der Waals surface area contributed by atoms with Crippen LogP contribution in [-0.2, 0) is 9.53 Å². The van der Waals surface area contributed by atoms with Gasteiger partial charge in [-0.1, -0.05) is 22.6 Å². The van der Waals surface area contributed by atoms with Crippen molar-refractivity contribution in [1.29, 1.82) is 5.26 Å². The lowest BCUT2D eigenvalue weighted by Gasteiger charge is -2.16. The van der Waals surface area contributed by atoms with Gasteiger partial charge in [-0.25, -0.2) is 0 Å². The van der Waals surface area contributed by atoms with E-state index in [4.69, 9.17) is 19.8 Å². The van der Waals surface area contributed by atoms with E-state index in [2.05, 4.69) is 28.7 Å². The highest BCUT2D eigenvalue weighted by atomic mass is 127. The van der Waals surface area contributed by atoms with Crippen molar-refractivity contribution in [3.8, 4) is 11.8 Å². The topological polar surface area (TPSA) is 79.5 Å². The second-order valence-corrected chi connectivity index (χ2v) is 7.28. The monoisotopic (exact) mass is 437 g/mol. The number of benzene rings is 1. The molecule has 2 aliphatic rings. The van der Waals surface area contributed by atoms with Crippen molar-refractivity contribution in [3.05, 3.63) is 53.0 Å². The van der Waals surface area contributed by atoms with Crippen LogP contribution in [0.15, 0.2) is 41.9 Å². The Bertz CT molecular complexity index is 778. The van der Waals surface area contributed by atoms with Crippen LogP contribution in [0.3, 0.4) is 0 Å². The summed E-state index contributed by atoms with van der Waals surface area (Å²) in [5.41, 5.74) is 1.48. The van der Waals surface area contributed by atoms with Crippen molar-refractivity contribution in [2.45, 2.75) is 29.8 Å². The number of carboxylic acid groups (broad SMARTS) is 1. The molecule has 24 heavy (non-hydrogen) atoms. The molecule has 0 saturated heterocycles. The number of nitriles is 1. The van der Waals surface area contributed by atoms with Crippen molar-refractivity contribution in [3.63, 3.8) is 0 Å². The van der Waals surface area contributed by atoms with Crippen LogP contribution in [0.4, 0.5) is 0 Å². The quantitative estimate of drug-likeness (QED) is 0.562. The first-order chi connectivity index (χ1) is 11.5. The second kappa shape index (κ2) is 6.85. The minimum atomic E-state index is -0.809. The van der Waals surface area contributed by atoms with Crippen LogP contribution in [0.5, 0.6) is 5.75 Å². The molecule has 0 radical (unpaired) electrons. The normalized spacial score (nSPS) is 25.1. The van der Waals surface area contributed by atoms with Crippen LogP contribution in [0, 0.1) is 24.2 Å². The fourth-order valence-corrected chi connectivity index (χ4v) is 3.68. The number of aryl methyl sites for hydroxylation is 1. The number of rotatable bonds is 5. The predicted octanol–water partition coefficient (Wildman–Crippen LogP) is 3.71. The standard InChI is InChI=1S/C18H16INO4/c1-10-7-11(9-20)5-6-14(10)23-12-3-2-4-13(8-12)24-17-15(16(17)19)18(21)22/h3,5-8,15-17H,2,4H2,1H3,(H,21,22)/t15-,16-,17+/m1/s1. The van der Waals surface area contributed by atoms with Crippen molar-refractivity contribution >= 4 is 28.6 Å². The average Bonchev–Trinajstić information content (AvgIpc) is 3.19. The molecule has 5 nitrogen and oxygen atoms in total. The van der Waals surface area contributed by atoms with E-state index < -0.39 is 11.9 Å². The number of ether oxygens (including phenoxy) is 2. The summed E-state index contributed by atoms with van der Waals surface area (Å²) in [6.07, 6.45) is 5.07. The molecule has 0 spiro atoms. The lowest BCUT2D eigenvalue weighted by atomic mass is 10.1. The molecule has 1 aromatic rings. The molecule has 6 heteroatoms. The third-order valence-corrected chi connectivity index (χ3v) is 5.50. The summed E-state index contributed by atoms with van der Waals surface area (Å²) >= 11 is 2.12. The van der Waals surface area contributed by atoms with Gasteiger partial charge in [-0.05, 0) is 43.2 Å². The van der Waals surface area contributed by atoms with E-state index in [1.54, 1.807) is 18.2 Å². The van der Waals surface area contributed by atoms with Gasteiger partial charge in [0.15, 0.2) is 0 Å². The van der Waals surface area contributed by atoms with Gasteiger partial charge < -0.3 is 14.6 Å². The second-order valence-electron chi connectivity index (χ2n) is 5.84. The van der Waals surface area contributed by atoms with E-state index in [9.17, 15) is 4.79 Å². The van der Waals surface area contributed by atoms with Crippen molar-refractivity contribution < 1.29 is 19.4 Å². The van der Waals surface area contributed by atoms with E-state index in [0.29, 0.717) is 17.1 Å². The van der Waals surface area contributed by atoms with Gasteiger partial charge in [-0.2, -0.15) is 5.26 Å². The van der Waals surface area contributed by atoms with E-state index >= 15 is 0 Å². The molecule has 0 aliphatic heterocycles. The molecule has 1 saturated carbocycles. The highest BCUT2D eigenvalue weighted by molar-refractivity contribution is 14.1. The Morgan fingerprint density at radius 3 is 2.88 bits per heavy atom. The number of aliphatic carboxylic acids is 1. The molecular formula is C18H16INO4. The number of hydrogen-bond donors (Lipinski definition) is 1. The first-order valence-electron chi connectivity index (χ1n) is 7.62. The van der Waals surface area contributed by atoms with E-state index in [1.165, 1.54) is 0 Å². The average molecular weight is 437 g/mol. The highest BCUT2D eigenvalue weighted by Gasteiger charge is 2.56. The molecule has 0 unspecified atom stereocenters. The number of allylic oxidation sites excluding steroid dienone is 3. The Labute approximate surface area is 153 Å². The molecule has 2 aliphatic carbocycles. The summed E-state index contributed by atoms with van der Waals surface area (Å²) in [5.74, 6) is 0.897. The number of nitrogens with zero attached hydrogens (tertiary/aromatic N) is 1. The Morgan fingerprint density at radius 2 is 2.25 bits per heavy atom. The zero-order valence-electron chi connectivity index (χ0n) is 13.0. The lowest BCUT2D eigenvalue weighted by molar-refractivity contribution is -0.139. The van der Waals surface area contributed by atoms with Crippen LogP contribution in [-0.4, -0.2) is 21.1 Å². The molecule has 1 N–H and O–H groups in total. The first kappa shape index (κ1) is 16.8. The van der Waals surface area contributed by atoms with Crippen LogP contribution in [0.2, 0.25) is 0 Å². The highest BCUT2D eigenvalue weighted by Crippen LogP contribution is 2.43. The summed E-state index contributed by atoms with van der Waals surface area (Å²) in [6, 6.07) is 7.38. The molecular weight excluding hydrogens is 421 g/mol. The zero-order valence-corrected chi connectivity index (χ0v) is 15.2. The third-order valence-electron chi connectivity index (χ3n) is 4.01.